The van der Waals surface area contributed by atoms with E-state index in [1.54, 1.807) is 7.11 Å². The number of carbonyl (C=O) groups is 1. The zero-order valence-electron chi connectivity index (χ0n) is 14.7. The Morgan fingerprint density at radius 3 is 2.71 bits per heavy atom. The van der Waals surface area contributed by atoms with Crippen molar-refractivity contribution in [3.63, 3.8) is 0 Å². The summed E-state index contributed by atoms with van der Waals surface area (Å²) in [6.07, 6.45) is 2.74. The van der Waals surface area contributed by atoms with Gasteiger partial charge in [-0.1, -0.05) is 12.1 Å². The molecule has 1 heterocycles. The van der Waals surface area contributed by atoms with Gasteiger partial charge in [0.25, 0.3) is 0 Å². The Morgan fingerprint density at radius 1 is 1.25 bits per heavy atom. The largest absolute Gasteiger partial charge is 0.383 e. The van der Waals surface area contributed by atoms with Gasteiger partial charge in [0.05, 0.1) is 13.2 Å². The van der Waals surface area contributed by atoms with E-state index in [2.05, 4.69) is 15.6 Å². The second-order valence-corrected chi connectivity index (χ2v) is 5.78. The Hall–Kier alpha value is -2.08. The highest BCUT2D eigenvalue weighted by Gasteiger charge is 2.19. The van der Waals surface area contributed by atoms with Crippen molar-refractivity contribution in [2.75, 3.05) is 38.3 Å². The number of guanidine groups is 1. The van der Waals surface area contributed by atoms with Crippen molar-refractivity contribution < 1.29 is 9.53 Å². The first-order valence-electron chi connectivity index (χ1n) is 8.65. The third kappa shape index (κ3) is 5.53. The zero-order valence-corrected chi connectivity index (χ0v) is 14.7. The number of piperidine rings is 1. The minimum atomic E-state index is 0.226. The van der Waals surface area contributed by atoms with Crippen molar-refractivity contribution in [3.05, 3.63) is 29.8 Å². The van der Waals surface area contributed by atoms with Crippen molar-refractivity contribution >= 4 is 17.6 Å². The first-order chi connectivity index (χ1) is 11.7. The Kier molecular flexibility index (Phi) is 7.55. The van der Waals surface area contributed by atoms with Crippen LogP contribution in [0.2, 0.25) is 0 Å². The first kappa shape index (κ1) is 18.3. The van der Waals surface area contributed by atoms with Crippen LogP contribution in [0, 0.1) is 0 Å². The maximum Gasteiger partial charge on any atom is 0.226 e. The van der Waals surface area contributed by atoms with E-state index in [9.17, 15) is 4.79 Å². The fourth-order valence-corrected chi connectivity index (χ4v) is 2.64. The van der Waals surface area contributed by atoms with Crippen LogP contribution in [0.15, 0.2) is 29.3 Å². The van der Waals surface area contributed by atoms with Crippen molar-refractivity contribution in [1.29, 1.82) is 0 Å². The molecule has 0 saturated carbocycles. The number of amides is 1. The smallest absolute Gasteiger partial charge is 0.226 e. The summed E-state index contributed by atoms with van der Waals surface area (Å²) in [7, 11) is 1.68. The summed E-state index contributed by atoms with van der Waals surface area (Å²) in [4.78, 5) is 18.4. The number of carbonyl (C=O) groups excluding carboxylic acids is 1. The standard InChI is InChI=1S/C18H28N4O2/c1-3-19-18(20-11-13-24-2)21-14-15-7-9-16(10-8-15)22-12-5-4-6-17(22)23/h7-10H,3-6,11-14H2,1-2H3,(H2,19,20,21). The monoisotopic (exact) mass is 332 g/mol. The molecule has 24 heavy (non-hydrogen) atoms. The molecule has 1 aliphatic heterocycles. The Labute approximate surface area is 144 Å². The quantitative estimate of drug-likeness (QED) is 0.455. The van der Waals surface area contributed by atoms with Gasteiger partial charge in [0.15, 0.2) is 5.96 Å². The number of hydrogen-bond acceptors (Lipinski definition) is 3. The molecule has 0 spiro atoms. The van der Waals surface area contributed by atoms with Gasteiger partial charge in [0, 0.05) is 38.9 Å². The number of hydrogen-bond donors (Lipinski definition) is 2. The Morgan fingerprint density at radius 2 is 2.04 bits per heavy atom. The second kappa shape index (κ2) is 9.93. The van der Waals surface area contributed by atoms with Gasteiger partial charge in [0.1, 0.15) is 0 Å². The zero-order chi connectivity index (χ0) is 17.2. The van der Waals surface area contributed by atoms with Gasteiger partial charge in [-0.05, 0) is 37.5 Å². The number of aliphatic imine (C=N–C) groups is 1. The summed E-state index contributed by atoms with van der Waals surface area (Å²) in [6, 6.07) is 8.11. The summed E-state index contributed by atoms with van der Waals surface area (Å²) < 4.78 is 5.04. The molecule has 6 heteroatoms. The number of ether oxygens (including phenoxy) is 1. The number of methoxy groups -OCH3 is 1. The molecule has 2 N–H and O–H groups in total. The molecule has 6 nitrogen and oxygen atoms in total. The molecule has 1 amide bonds. The highest BCUT2D eigenvalue weighted by atomic mass is 16.5. The molecule has 1 saturated heterocycles. The lowest BCUT2D eigenvalue weighted by atomic mass is 10.1. The predicted octanol–water partition coefficient (Wildman–Crippen LogP) is 1.91. The van der Waals surface area contributed by atoms with Crippen LogP contribution in [0.1, 0.15) is 31.7 Å². The lowest BCUT2D eigenvalue weighted by Crippen LogP contribution is -2.38. The molecule has 0 atom stereocenters. The van der Waals surface area contributed by atoms with E-state index in [0.29, 0.717) is 19.6 Å². The fraction of sp³-hybridized carbons (Fsp3) is 0.556. The number of nitrogens with one attached hydrogen (secondary N) is 2. The molecular weight excluding hydrogens is 304 g/mol. The van der Waals surface area contributed by atoms with Gasteiger partial charge in [0.2, 0.25) is 5.91 Å². The third-order valence-corrected chi connectivity index (χ3v) is 3.93. The van der Waals surface area contributed by atoms with Crippen LogP contribution >= 0.6 is 0 Å². The van der Waals surface area contributed by atoms with Gasteiger partial charge in [-0.3, -0.25) is 4.79 Å². The Balaban J connectivity index is 1.94. The molecule has 0 aliphatic carbocycles. The molecule has 1 aliphatic rings. The highest BCUT2D eigenvalue weighted by molar-refractivity contribution is 5.93. The molecule has 1 aromatic carbocycles. The maximum absolute atomic E-state index is 12.0. The van der Waals surface area contributed by atoms with Crippen molar-refractivity contribution in [1.82, 2.24) is 10.6 Å². The van der Waals surface area contributed by atoms with Crippen LogP contribution in [0.3, 0.4) is 0 Å². The third-order valence-electron chi connectivity index (χ3n) is 3.93. The topological polar surface area (TPSA) is 66.0 Å². The van der Waals surface area contributed by atoms with Gasteiger partial charge in [-0.2, -0.15) is 0 Å². The second-order valence-electron chi connectivity index (χ2n) is 5.78. The van der Waals surface area contributed by atoms with Crippen LogP contribution in [0.4, 0.5) is 5.69 Å². The number of benzene rings is 1. The molecular formula is C18H28N4O2. The molecule has 1 aromatic rings. The summed E-state index contributed by atoms with van der Waals surface area (Å²) >= 11 is 0. The van der Waals surface area contributed by atoms with E-state index in [4.69, 9.17) is 4.74 Å². The highest BCUT2D eigenvalue weighted by Crippen LogP contribution is 2.21. The van der Waals surface area contributed by atoms with E-state index < -0.39 is 0 Å². The van der Waals surface area contributed by atoms with Gasteiger partial charge in [-0.15, -0.1) is 0 Å². The number of nitrogens with zero attached hydrogens (tertiary/aromatic N) is 2. The minimum Gasteiger partial charge on any atom is -0.383 e. The summed E-state index contributed by atoms with van der Waals surface area (Å²) in [6.45, 7) is 5.63. The van der Waals surface area contributed by atoms with Crippen molar-refractivity contribution in [2.24, 2.45) is 4.99 Å². The summed E-state index contributed by atoms with van der Waals surface area (Å²) in [5, 5.41) is 6.43. The van der Waals surface area contributed by atoms with E-state index >= 15 is 0 Å². The van der Waals surface area contributed by atoms with E-state index in [1.165, 1.54) is 0 Å². The molecule has 0 bridgehead atoms. The number of anilines is 1. The predicted molar refractivity (Wildman–Crippen MR) is 97.3 cm³/mol. The molecule has 2 rings (SSSR count). The normalized spacial score (nSPS) is 15.5. The van der Waals surface area contributed by atoms with E-state index in [1.807, 2.05) is 36.1 Å². The average Bonchev–Trinajstić information content (AvgIpc) is 2.61. The summed E-state index contributed by atoms with van der Waals surface area (Å²) in [5.74, 6) is 1.01. The molecule has 132 valence electrons. The fourth-order valence-electron chi connectivity index (χ4n) is 2.64. The van der Waals surface area contributed by atoms with Crippen LogP contribution in [0.5, 0.6) is 0 Å². The molecule has 1 fully saturated rings. The first-order valence-corrected chi connectivity index (χ1v) is 8.65. The van der Waals surface area contributed by atoms with E-state index in [-0.39, 0.29) is 5.91 Å². The van der Waals surface area contributed by atoms with Crippen LogP contribution in [0.25, 0.3) is 0 Å². The number of rotatable bonds is 7. The average molecular weight is 332 g/mol. The Bertz CT molecular complexity index is 542. The van der Waals surface area contributed by atoms with Crippen molar-refractivity contribution in [3.8, 4) is 0 Å². The van der Waals surface area contributed by atoms with Gasteiger partial charge in [-0.25, -0.2) is 4.99 Å². The van der Waals surface area contributed by atoms with Crippen molar-refractivity contribution in [2.45, 2.75) is 32.7 Å². The molecule has 0 radical (unpaired) electrons. The SMILES string of the molecule is CCNC(=NCc1ccc(N2CCCCC2=O)cc1)NCCOC. The minimum absolute atomic E-state index is 0.226. The molecule has 0 aromatic heterocycles. The van der Waals surface area contributed by atoms with Crippen LogP contribution in [-0.4, -0.2) is 45.2 Å². The van der Waals surface area contributed by atoms with Gasteiger partial charge < -0.3 is 20.3 Å². The lowest BCUT2D eigenvalue weighted by molar-refractivity contribution is -0.119. The van der Waals surface area contributed by atoms with Gasteiger partial charge >= 0.3 is 0 Å². The van der Waals surface area contributed by atoms with E-state index in [0.717, 1.165) is 49.7 Å². The van der Waals surface area contributed by atoms with Crippen LogP contribution in [-0.2, 0) is 16.1 Å². The molecule has 0 unspecified atom stereocenters. The lowest BCUT2D eigenvalue weighted by Gasteiger charge is -2.26. The summed E-state index contributed by atoms with van der Waals surface area (Å²) in [5.41, 5.74) is 2.10. The maximum atomic E-state index is 12.0. The van der Waals surface area contributed by atoms with Crippen LogP contribution < -0.4 is 15.5 Å².